The summed E-state index contributed by atoms with van der Waals surface area (Å²) in [7, 11) is 0. The lowest BCUT2D eigenvalue weighted by atomic mass is 9.98. The third-order valence-corrected chi connectivity index (χ3v) is 5.04. The van der Waals surface area contributed by atoms with Crippen molar-refractivity contribution in [1.29, 1.82) is 0 Å². The van der Waals surface area contributed by atoms with Crippen LogP contribution in [0.4, 0.5) is 5.82 Å². The summed E-state index contributed by atoms with van der Waals surface area (Å²) in [5.74, 6) is 1.54. The molecule has 0 saturated heterocycles. The Morgan fingerprint density at radius 1 is 1.04 bits per heavy atom. The van der Waals surface area contributed by atoms with Gasteiger partial charge in [-0.1, -0.05) is 27.7 Å². The van der Waals surface area contributed by atoms with E-state index in [0.717, 1.165) is 40.0 Å². The number of pyridine rings is 1. The third kappa shape index (κ3) is 4.39. The molecular formula is C19H23N5S. The van der Waals surface area contributed by atoms with Crippen molar-refractivity contribution in [1.82, 2.24) is 19.9 Å². The highest BCUT2D eigenvalue weighted by molar-refractivity contribution is 7.09. The van der Waals surface area contributed by atoms with Gasteiger partial charge >= 0.3 is 0 Å². The van der Waals surface area contributed by atoms with Crippen molar-refractivity contribution in [2.75, 3.05) is 5.32 Å². The van der Waals surface area contributed by atoms with Crippen molar-refractivity contribution < 1.29 is 0 Å². The second kappa shape index (κ2) is 7.27. The van der Waals surface area contributed by atoms with Crippen LogP contribution >= 0.6 is 11.3 Å². The molecule has 0 amide bonds. The van der Waals surface area contributed by atoms with Crippen LogP contribution in [-0.2, 0) is 18.4 Å². The fourth-order valence-electron chi connectivity index (χ4n) is 2.31. The van der Waals surface area contributed by atoms with Crippen LogP contribution in [0.5, 0.6) is 0 Å². The molecule has 0 spiro atoms. The zero-order chi connectivity index (χ0) is 17.9. The van der Waals surface area contributed by atoms with Crippen LogP contribution < -0.4 is 5.32 Å². The standard InChI is InChI=1S/C19H23N5S/c1-5-14-10-16(24-17(22-14)13-6-8-20-9-7-13)21-11-15-12-25-18(23-15)19(2,3)4/h6-10,12H,5,11H2,1-4H3,(H,21,22,24). The smallest absolute Gasteiger partial charge is 0.161 e. The van der Waals surface area contributed by atoms with Gasteiger partial charge in [0, 0.05) is 40.5 Å². The third-order valence-electron chi connectivity index (χ3n) is 3.72. The Balaban J connectivity index is 1.79. The first kappa shape index (κ1) is 17.5. The van der Waals surface area contributed by atoms with E-state index in [1.165, 1.54) is 0 Å². The molecule has 3 heterocycles. The molecule has 0 aliphatic rings. The molecule has 0 aliphatic carbocycles. The number of thiazole rings is 1. The van der Waals surface area contributed by atoms with Gasteiger partial charge in [0.05, 0.1) is 17.2 Å². The van der Waals surface area contributed by atoms with Gasteiger partial charge in [-0.05, 0) is 18.6 Å². The zero-order valence-corrected chi connectivity index (χ0v) is 15.9. The summed E-state index contributed by atoms with van der Waals surface area (Å²) in [5.41, 5.74) is 3.11. The van der Waals surface area contributed by atoms with Crippen molar-refractivity contribution in [3.63, 3.8) is 0 Å². The molecule has 0 unspecified atom stereocenters. The van der Waals surface area contributed by atoms with Crippen molar-refractivity contribution >= 4 is 17.2 Å². The van der Waals surface area contributed by atoms with Crippen molar-refractivity contribution in [2.24, 2.45) is 0 Å². The van der Waals surface area contributed by atoms with E-state index >= 15 is 0 Å². The number of hydrogen-bond acceptors (Lipinski definition) is 6. The minimum atomic E-state index is 0.0850. The maximum Gasteiger partial charge on any atom is 0.161 e. The number of aryl methyl sites for hydroxylation is 1. The molecule has 1 N–H and O–H groups in total. The minimum absolute atomic E-state index is 0.0850. The van der Waals surface area contributed by atoms with E-state index in [1.807, 2.05) is 18.2 Å². The molecule has 5 nitrogen and oxygen atoms in total. The summed E-state index contributed by atoms with van der Waals surface area (Å²) in [6.45, 7) is 9.30. The second-order valence-electron chi connectivity index (χ2n) is 6.91. The molecule has 0 fully saturated rings. The van der Waals surface area contributed by atoms with Gasteiger partial charge in [-0.3, -0.25) is 4.98 Å². The number of nitrogens with one attached hydrogen (secondary N) is 1. The normalized spacial score (nSPS) is 11.5. The van der Waals surface area contributed by atoms with Crippen LogP contribution in [0, 0.1) is 0 Å². The molecule has 0 aliphatic heterocycles. The summed E-state index contributed by atoms with van der Waals surface area (Å²) >= 11 is 1.71. The van der Waals surface area contributed by atoms with Crippen LogP contribution in [0.25, 0.3) is 11.4 Å². The van der Waals surface area contributed by atoms with Crippen LogP contribution in [0.3, 0.4) is 0 Å². The van der Waals surface area contributed by atoms with Crippen LogP contribution in [0.2, 0.25) is 0 Å². The zero-order valence-electron chi connectivity index (χ0n) is 15.1. The average molecular weight is 353 g/mol. The van der Waals surface area contributed by atoms with E-state index in [1.54, 1.807) is 23.7 Å². The first-order valence-electron chi connectivity index (χ1n) is 8.43. The average Bonchev–Trinajstić information content (AvgIpc) is 3.10. The number of aromatic nitrogens is 4. The molecule has 0 saturated carbocycles. The lowest BCUT2D eigenvalue weighted by Crippen LogP contribution is -2.11. The highest BCUT2D eigenvalue weighted by Crippen LogP contribution is 2.26. The summed E-state index contributed by atoms with van der Waals surface area (Å²) in [6, 6.07) is 5.85. The van der Waals surface area contributed by atoms with E-state index in [-0.39, 0.29) is 5.41 Å². The molecule has 25 heavy (non-hydrogen) atoms. The van der Waals surface area contributed by atoms with E-state index in [9.17, 15) is 0 Å². The number of nitrogens with zero attached hydrogens (tertiary/aromatic N) is 4. The summed E-state index contributed by atoms with van der Waals surface area (Å²) in [4.78, 5) is 18.0. The Morgan fingerprint density at radius 2 is 1.80 bits per heavy atom. The molecule has 3 aromatic rings. The number of rotatable bonds is 5. The first-order valence-corrected chi connectivity index (χ1v) is 9.31. The molecule has 3 rings (SSSR count). The first-order chi connectivity index (χ1) is 12.0. The molecular weight excluding hydrogens is 330 g/mol. The minimum Gasteiger partial charge on any atom is -0.364 e. The maximum atomic E-state index is 4.72. The van der Waals surface area contributed by atoms with E-state index in [4.69, 9.17) is 4.98 Å². The van der Waals surface area contributed by atoms with Gasteiger partial charge in [0.1, 0.15) is 5.82 Å². The molecule has 0 radical (unpaired) electrons. The molecule has 3 aromatic heterocycles. The van der Waals surface area contributed by atoms with Crippen molar-refractivity contribution in [3.05, 3.63) is 52.4 Å². The van der Waals surface area contributed by atoms with Crippen molar-refractivity contribution in [3.8, 4) is 11.4 Å². The van der Waals surface area contributed by atoms with Gasteiger partial charge < -0.3 is 5.32 Å². The molecule has 0 bridgehead atoms. The van der Waals surface area contributed by atoms with Crippen molar-refractivity contribution in [2.45, 2.75) is 46.1 Å². The molecule has 0 atom stereocenters. The van der Waals surface area contributed by atoms with Gasteiger partial charge in [0.15, 0.2) is 5.82 Å². The Labute approximate surface area is 152 Å². The topological polar surface area (TPSA) is 63.6 Å². The van der Waals surface area contributed by atoms with Crippen LogP contribution in [0.15, 0.2) is 36.0 Å². The summed E-state index contributed by atoms with van der Waals surface area (Å²) < 4.78 is 0. The van der Waals surface area contributed by atoms with Gasteiger partial charge in [-0.2, -0.15) is 0 Å². The maximum absolute atomic E-state index is 4.72. The van der Waals surface area contributed by atoms with Crippen LogP contribution in [0.1, 0.15) is 44.1 Å². The highest BCUT2D eigenvalue weighted by Gasteiger charge is 2.17. The Hall–Kier alpha value is -2.34. The Kier molecular flexibility index (Phi) is 5.08. The number of hydrogen-bond donors (Lipinski definition) is 1. The Bertz CT molecular complexity index is 837. The second-order valence-corrected chi connectivity index (χ2v) is 7.76. The fourth-order valence-corrected chi connectivity index (χ4v) is 3.22. The lowest BCUT2D eigenvalue weighted by Gasteiger charge is -2.13. The highest BCUT2D eigenvalue weighted by atomic mass is 32.1. The largest absolute Gasteiger partial charge is 0.364 e. The van der Waals surface area contributed by atoms with Gasteiger partial charge in [0.25, 0.3) is 0 Å². The molecule has 130 valence electrons. The summed E-state index contributed by atoms with van der Waals surface area (Å²) in [6.07, 6.45) is 4.38. The van der Waals surface area contributed by atoms with E-state index in [2.05, 4.69) is 53.3 Å². The number of anilines is 1. The monoisotopic (exact) mass is 353 g/mol. The fraction of sp³-hybridized carbons (Fsp3) is 0.368. The predicted molar refractivity (Wildman–Crippen MR) is 103 cm³/mol. The predicted octanol–water partition coefficient (Wildman–Crippen LogP) is 4.47. The lowest BCUT2D eigenvalue weighted by molar-refractivity contribution is 0.583. The van der Waals surface area contributed by atoms with E-state index < -0.39 is 0 Å². The van der Waals surface area contributed by atoms with E-state index in [0.29, 0.717) is 6.54 Å². The quantitative estimate of drug-likeness (QED) is 0.733. The van der Waals surface area contributed by atoms with Crippen LogP contribution in [-0.4, -0.2) is 19.9 Å². The van der Waals surface area contributed by atoms with Gasteiger partial charge in [0.2, 0.25) is 0 Å². The SMILES string of the molecule is CCc1cc(NCc2csc(C(C)(C)C)n2)nc(-c2ccncc2)n1. The summed E-state index contributed by atoms with van der Waals surface area (Å²) in [5, 5.41) is 6.65. The van der Waals surface area contributed by atoms with Gasteiger partial charge in [-0.15, -0.1) is 11.3 Å². The molecule has 6 heteroatoms. The Morgan fingerprint density at radius 3 is 2.44 bits per heavy atom. The van der Waals surface area contributed by atoms with Gasteiger partial charge in [-0.25, -0.2) is 15.0 Å². The molecule has 0 aromatic carbocycles.